The molecule has 0 aliphatic heterocycles. The van der Waals surface area contributed by atoms with Crippen molar-refractivity contribution < 1.29 is 19.1 Å². The molecule has 2 aromatic rings. The Bertz CT molecular complexity index is 723. The van der Waals surface area contributed by atoms with E-state index in [1.807, 2.05) is 30.3 Å². The van der Waals surface area contributed by atoms with Crippen molar-refractivity contribution >= 4 is 34.3 Å². The Hall–Kier alpha value is -2.40. The number of esters is 1. The molecule has 2 aromatic carbocycles. The third-order valence-corrected chi connectivity index (χ3v) is 3.56. The number of halogens is 1. The van der Waals surface area contributed by atoms with E-state index in [1.165, 1.54) is 7.11 Å². The topological polar surface area (TPSA) is 52.6 Å². The molecule has 0 heterocycles. The first-order chi connectivity index (χ1) is 11.1. The molecule has 0 saturated carbocycles. The molecule has 0 spiro atoms. The number of ether oxygens (including phenoxy) is 2. The Balaban J connectivity index is 2.21. The van der Waals surface area contributed by atoms with Crippen LogP contribution in [0, 0.1) is 0 Å². The minimum absolute atomic E-state index is 0.00401. The van der Waals surface area contributed by atoms with E-state index in [-0.39, 0.29) is 6.61 Å². The van der Waals surface area contributed by atoms with Crippen molar-refractivity contribution in [3.8, 4) is 5.75 Å². The van der Waals surface area contributed by atoms with Gasteiger partial charge >= 0.3 is 5.97 Å². The Kier molecular flexibility index (Phi) is 6.11. The van der Waals surface area contributed by atoms with E-state index < -0.39 is 5.97 Å². The van der Waals surface area contributed by atoms with E-state index in [0.717, 1.165) is 10.0 Å². The quantitative estimate of drug-likeness (QED) is 0.437. The van der Waals surface area contributed by atoms with Crippen LogP contribution in [0.4, 0.5) is 0 Å². The highest BCUT2D eigenvalue weighted by atomic mass is 79.9. The second kappa shape index (κ2) is 8.29. The second-order valence-corrected chi connectivity index (χ2v) is 5.58. The lowest BCUT2D eigenvalue weighted by atomic mass is 10.1. The Morgan fingerprint density at radius 3 is 2.57 bits per heavy atom. The van der Waals surface area contributed by atoms with E-state index in [0.29, 0.717) is 23.2 Å². The van der Waals surface area contributed by atoms with Crippen LogP contribution in [0.25, 0.3) is 6.08 Å². The lowest BCUT2D eigenvalue weighted by molar-refractivity contribution is -0.136. The number of carbonyl (C=O) groups is 2. The van der Waals surface area contributed by atoms with E-state index in [2.05, 4.69) is 15.9 Å². The van der Waals surface area contributed by atoms with E-state index in [1.54, 1.807) is 24.3 Å². The second-order valence-electron chi connectivity index (χ2n) is 4.66. The summed E-state index contributed by atoms with van der Waals surface area (Å²) in [5.41, 5.74) is 1.63. The summed E-state index contributed by atoms with van der Waals surface area (Å²) in [6.45, 7) is 0.00401. The van der Waals surface area contributed by atoms with Crippen molar-refractivity contribution in [3.05, 3.63) is 69.7 Å². The van der Waals surface area contributed by atoms with E-state index in [9.17, 15) is 9.59 Å². The molecule has 23 heavy (non-hydrogen) atoms. The monoisotopic (exact) mass is 374 g/mol. The Morgan fingerprint density at radius 2 is 1.91 bits per heavy atom. The fourth-order valence-corrected chi connectivity index (χ4v) is 2.32. The maximum Gasteiger partial charge on any atom is 0.337 e. The number of benzene rings is 2. The van der Waals surface area contributed by atoms with Crippen LogP contribution in [0.1, 0.15) is 15.9 Å². The SMILES string of the molecule is COC(=O)/C(=C/c1ccccc1)COc1ccc(Br)cc1C=O. The van der Waals surface area contributed by atoms with Gasteiger partial charge < -0.3 is 9.47 Å². The summed E-state index contributed by atoms with van der Waals surface area (Å²) in [5.74, 6) is -0.0651. The van der Waals surface area contributed by atoms with Crippen molar-refractivity contribution in [2.75, 3.05) is 13.7 Å². The van der Waals surface area contributed by atoms with Crippen LogP contribution in [0.3, 0.4) is 0 Å². The van der Waals surface area contributed by atoms with Crippen LogP contribution < -0.4 is 4.74 Å². The highest BCUT2D eigenvalue weighted by Crippen LogP contribution is 2.22. The number of aldehydes is 1. The predicted molar refractivity (Wildman–Crippen MR) is 91.5 cm³/mol. The molecule has 0 N–H and O–H groups in total. The van der Waals surface area contributed by atoms with Gasteiger partial charge in [0.05, 0.1) is 18.2 Å². The summed E-state index contributed by atoms with van der Waals surface area (Å²) < 4.78 is 11.2. The molecular formula is C18H15BrO4. The van der Waals surface area contributed by atoms with Gasteiger partial charge in [0, 0.05) is 4.47 Å². The van der Waals surface area contributed by atoms with Gasteiger partial charge in [-0.2, -0.15) is 0 Å². The van der Waals surface area contributed by atoms with Gasteiger partial charge in [0.15, 0.2) is 6.29 Å². The van der Waals surface area contributed by atoms with Gasteiger partial charge in [0.1, 0.15) is 12.4 Å². The summed E-state index contributed by atoms with van der Waals surface area (Å²) in [5, 5.41) is 0. The predicted octanol–water partition coefficient (Wildman–Crippen LogP) is 3.90. The van der Waals surface area contributed by atoms with Crippen molar-refractivity contribution in [1.29, 1.82) is 0 Å². The van der Waals surface area contributed by atoms with Crippen LogP contribution in [0.15, 0.2) is 58.6 Å². The molecule has 0 radical (unpaired) electrons. The highest BCUT2D eigenvalue weighted by molar-refractivity contribution is 9.10. The summed E-state index contributed by atoms with van der Waals surface area (Å²) in [6.07, 6.45) is 2.41. The zero-order chi connectivity index (χ0) is 16.7. The van der Waals surface area contributed by atoms with Gasteiger partial charge in [-0.05, 0) is 29.8 Å². The number of rotatable bonds is 6. The minimum atomic E-state index is -0.474. The number of methoxy groups -OCH3 is 1. The minimum Gasteiger partial charge on any atom is -0.488 e. The lowest BCUT2D eigenvalue weighted by Crippen LogP contribution is -2.13. The fourth-order valence-electron chi connectivity index (χ4n) is 1.94. The molecule has 4 nitrogen and oxygen atoms in total. The zero-order valence-corrected chi connectivity index (χ0v) is 14.1. The van der Waals surface area contributed by atoms with Gasteiger partial charge in [-0.15, -0.1) is 0 Å². The first-order valence-electron chi connectivity index (χ1n) is 6.85. The van der Waals surface area contributed by atoms with Crippen molar-refractivity contribution in [2.24, 2.45) is 0 Å². The van der Waals surface area contributed by atoms with Crippen LogP contribution in [-0.2, 0) is 9.53 Å². The Morgan fingerprint density at radius 1 is 1.17 bits per heavy atom. The molecule has 0 aliphatic rings. The van der Waals surface area contributed by atoms with E-state index >= 15 is 0 Å². The molecule has 0 bridgehead atoms. The van der Waals surface area contributed by atoms with Gasteiger partial charge in [-0.25, -0.2) is 4.79 Å². The van der Waals surface area contributed by atoms with E-state index in [4.69, 9.17) is 9.47 Å². The average Bonchev–Trinajstić information content (AvgIpc) is 2.59. The first kappa shape index (κ1) is 17.0. The molecule has 0 amide bonds. The van der Waals surface area contributed by atoms with Crippen LogP contribution >= 0.6 is 15.9 Å². The Labute approximate surface area is 142 Å². The molecule has 0 saturated heterocycles. The van der Waals surface area contributed by atoms with Crippen molar-refractivity contribution in [2.45, 2.75) is 0 Å². The van der Waals surface area contributed by atoms with Gasteiger partial charge in [-0.1, -0.05) is 46.3 Å². The number of hydrogen-bond donors (Lipinski definition) is 0. The van der Waals surface area contributed by atoms with Crippen LogP contribution in [-0.4, -0.2) is 26.0 Å². The third kappa shape index (κ3) is 4.79. The summed E-state index contributed by atoms with van der Waals surface area (Å²) in [6, 6.07) is 14.5. The number of carbonyl (C=O) groups excluding carboxylic acids is 2. The standard InChI is InChI=1S/C18H15BrO4/c1-22-18(21)15(9-13-5-3-2-4-6-13)12-23-17-8-7-16(19)10-14(17)11-20/h2-11H,12H2,1H3/b15-9+. The molecule has 0 aromatic heterocycles. The highest BCUT2D eigenvalue weighted by Gasteiger charge is 2.12. The molecule has 0 fully saturated rings. The largest absolute Gasteiger partial charge is 0.488 e. The van der Waals surface area contributed by atoms with Crippen molar-refractivity contribution in [3.63, 3.8) is 0 Å². The normalized spacial score (nSPS) is 11.0. The van der Waals surface area contributed by atoms with Gasteiger partial charge in [0.2, 0.25) is 0 Å². The molecule has 0 aliphatic carbocycles. The van der Waals surface area contributed by atoms with Gasteiger partial charge in [-0.3, -0.25) is 4.79 Å². The summed E-state index contributed by atoms with van der Waals surface area (Å²) in [7, 11) is 1.32. The molecule has 5 heteroatoms. The molecule has 0 atom stereocenters. The molecule has 118 valence electrons. The maximum absolute atomic E-state index is 11.9. The number of hydrogen-bond acceptors (Lipinski definition) is 4. The maximum atomic E-state index is 11.9. The fraction of sp³-hybridized carbons (Fsp3) is 0.111. The summed E-state index contributed by atoms with van der Waals surface area (Å²) >= 11 is 3.30. The molecule has 2 rings (SSSR count). The van der Waals surface area contributed by atoms with Gasteiger partial charge in [0.25, 0.3) is 0 Å². The molecular weight excluding hydrogens is 360 g/mol. The first-order valence-corrected chi connectivity index (χ1v) is 7.65. The van der Waals surface area contributed by atoms with Crippen LogP contribution in [0.2, 0.25) is 0 Å². The summed E-state index contributed by atoms with van der Waals surface area (Å²) in [4.78, 5) is 23.0. The average molecular weight is 375 g/mol. The lowest BCUT2D eigenvalue weighted by Gasteiger charge is -2.10. The molecule has 0 unspecified atom stereocenters. The smallest absolute Gasteiger partial charge is 0.337 e. The zero-order valence-electron chi connectivity index (χ0n) is 12.5. The third-order valence-electron chi connectivity index (χ3n) is 3.07. The van der Waals surface area contributed by atoms with Crippen LogP contribution in [0.5, 0.6) is 5.75 Å². The van der Waals surface area contributed by atoms with Crippen molar-refractivity contribution in [1.82, 2.24) is 0 Å².